The molecule has 0 spiro atoms. The van der Waals surface area contributed by atoms with Crippen LogP contribution in [0, 0.1) is 0 Å². The van der Waals surface area contributed by atoms with E-state index in [0.717, 1.165) is 0 Å². The third kappa shape index (κ3) is 2.82. The molecule has 0 aliphatic heterocycles. The minimum Gasteiger partial charge on any atom is -0.468 e. The van der Waals surface area contributed by atoms with Crippen LogP contribution in [-0.4, -0.2) is 35.3 Å². The first-order chi connectivity index (χ1) is 7.58. The van der Waals surface area contributed by atoms with Crippen LogP contribution < -0.4 is 5.32 Å². The Bertz CT molecular complexity index is 398. The number of methoxy groups -OCH3 is 1. The Labute approximate surface area is 93.6 Å². The number of aromatic nitrogens is 2. The average molecular weight is 225 g/mol. The van der Waals surface area contributed by atoms with Gasteiger partial charge in [-0.1, -0.05) is 6.92 Å². The van der Waals surface area contributed by atoms with Crippen LogP contribution >= 0.6 is 0 Å². The zero-order valence-corrected chi connectivity index (χ0v) is 9.61. The third-order valence-electron chi connectivity index (χ3n) is 2.11. The largest absolute Gasteiger partial charge is 0.468 e. The molecular formula is C10H15N3O3. The van der Waals surface area contributed by atoms with E-state index in [-0.39, 0.29) is 12.5 Å². The fourth-order valence-corrected chi connectivity index (χ4v) is 1.31. The summed E-state index contributed by atoms with van der Waals surface area (Å²) in [6.07, 6.45) is 2.30. The van der Waals surface area contributed by atoms with E-state index in [1.54, 1.807) is 17.9 Å². The van der Waals surface area contributed by atoms with Crippen LogP contribution in [0.25, 0.3) is 0 Å². The summed E-state index contributed by atoms with van der Waals surface area (Å²) < 4.78 is 6.00. The highest BCUT2D eigenvalue weighted by Gasteiger charge is 2.14. The van der Waals surface area contributed by atoms with E-state index in [1.807, 2.05) is 6.92 Å². The molecule has 1 heterocycles. The minimum absolute atomic E-state index is 0.132. The molecule has 1 amide bonds. The first kappa shape index (κ1) is 12.2. The smallest absolute Gasteiger partial charge is 0.325 e. The van der Waals surface area contributed by atoms with Crippen LogP contribution in [0.5, 0.6) is 0 Å². The van der Waals surface area contributed by atoms with Gasteiger partial charge in [0, 0.05) is 13.2 Å². The molecule has 0 aliphatic carbocycles. The Kier molecular flexibility index (Phi) is 4.04. The molecule has 16 heavy (non-hydrogen) atoms. The average Bonchev–Trinajstić information content (AvgIpc) is 2.66. The van der Waals surface area contributed by atoms with Gasteiger partial charge in [-0.2, -0.15) is 5.10 Å². The third-order valence-corrected chi connectivity index (χ3v) is 2.11. The molecule has 88 valence electrons. The summed E-state index contributed by atoms with van der Waals surface area (Å²) in [5, 5.41) is 6.61. The van der Waals surface area contributed by atoms with E-state index in [9.17, 15) is 9.59 Å². The molecule has 0 radical (unpaired) electrons. The first-order valence-corrected chi connectivity index (χ1v) is 4.96. The van der Waals surface area contributed by atoms with Crippen LogP contribution in [0.4, 0.5) is 0 Å². The minimum atomic E-state index is -0.477. The number of nitrogens with zero attached hydrogens (tertiary/aromatic N) is 2. The number of ether oxygens (including phenoxy) is 1. The van der Waals surface area contributed by atoms with E-state index in [4.69, 9.17) is 0 Å². The van der Waals surface area contributed by atoms with Gasteiger partial charge in [0.05, 0.1) is 18.4 Å². The number of nitrogens with one attached hydrogen (secondary N) is 1. The highest BCUT2D eigenvalue weighted by Crippen LogP contribution is 2.06. The second-order valence-electron chi connectivity index (χ2n) is 3.28. The first-order valence-electron chi connectivity index (χ1n) is 4.96. The van der Waals surface area contributed by atoms with Crippen molar-refractivity contribution in [1.29, 1.82) is 0 Å². The maximum atomic E-state index is 11.7. The summed E-state index contributed by atoms with van der Waals surface area (Å²) in [7, 11) is 3.02. The van der Waals surface area contributed by atoms with Gasteiger partial charge in [-0.15, -0.1) is 0 Å². The van der Waals surface area contributed by atoms with Gasteiger partial charge >= 0.3 is 5.97 Å². The van der Waals surface area contributed by atoms with Crippen molar-refractivity contribution in [3.63, 3.8) is 0 Å². The lowest BCUT2D eigenvalue weighted by molar-refractivity contribution is -0.139. The summed E-state index contributed by atoms with van der Waals surface area (Å²) >= 11 is 0. The van der Waals surface area contributed by atoms with Crippen molar-refractivity contribution in [1.82, 2.24) is 15.1 Å². The molecule has 0 fully saturated rings. The van der Waals surface area contributed by atoms with E-state index in [0.29, 0.717) is 17.7 Å². The number of amides is 1. The molecule has 0 saturated carbocycles. The van der Waals surface area contributed by atoms with Gasteiger partial charge in [-0.25, -0.2) is 0 Å². The van der Waals surface area contributed by atoms with Crippen LogP contribution in [0.1, 0.15) is 23.0 Å². The van der Waals surface area contributed by atoms with Gasteiger partial charge in [0.25, 0.3) is 5.91 Å². The lowest BCUT2D eigenvalue weighted by Crippen LogP contribution is -2.30. The molecule has 0 atom stereocenters. The molecule has 6 nitrogen and oxygen atoms in total. The van der Waals surface area contributed by atoms with E-state index < -0.39 is 5.97 Å². The fraction of sp³-hybridized carbons (Fsp3) is 0.500. The summed E-state index contributed by atoms with van der Waals surface area (Å²) in [6, 6.07) is 0. The van der Waals surface area contributed by atoms with Crippen molar-refractivity contribution in [3.8, 4) is 0 Å². The summed E-state index contributed by atoms with van der Waals surface area (Å²) in [6.45, 7) is 1.78. The number of carbonyl (C=O) groups is 2. The molecule has 0 aliphatic rings. The topological polar surface area (TPSA) is 73.2 Å². The van der Waals surface area contributed by atoms with Gasteiger partial charge in [0.15, 0.2) is 0 Å². The van der Waals surface area contributed by atoms with Crippen molar-refractivity contribution in [3.05, 3.63) is 17.5 Å². The van der Waals surface area contributed by atoms with E-state index in [2.05, 4.69) is 15.2 Å². The summed E-state index contributed by atoms with van der Waals surface area (Å²) in [4.78, 5) is 22.5. The van der Waals surface area contributed by atoms with Crippen molar-refractivity contribution in [2.75, 3.05) is 13.7 Å². The highest BCUT2D eigenvalue weighted by molar-refractivity contribution is 5.96. The van der Waals surface area contributed by atoms with Crippen LogP contribution in [-0.2, 0) is 23.0 Å². The Morgan fingerprint density at radius 3 is 2.81 bits per heavy atom. The quantitative estimate of drug-likeness (QED) is 0.725. The zero-order valence-electron chi connectivity index (χ0n) is 9.61. The summed E-state index contributed by atoms with van der Waals surface area (Å²) in [5.74, 6) is -0.786. The molecule has 6 heteroatoms. The lowest BCUT2D eigenvalue weighted by Gasteiger charge is -2.02. The van der Waals surface area contributed by atoms with Gasteiger partial charge in [-0.05, 0) is 6.42 Å². The monoisotopic (exact) mass is 225 g/mol. The Morgan fingerprint density at radius 1 is 1.56 bits per heavy atom. The Hall–Kier alpha value is -1.85. The number of hydrogen-bond donors (Lipinski definition) is 1. The molecule has 1 rings (SSSR count). The van der Waals surface area contributed by atoms with Crippen LogP contribution in [0.3, 0.4) is 0 Å². The number of carbonyl (C=O) groups excluding carboxylic acids is 2. The van der Waals surface area contributed by atoms with Gasteiger partial charge < -0.3 is 10.1 Å². The van der Waals surface area contributed by atoms with Crippen molar-refractivity contribution >= 4 is 11.9 Å². The molecule has 1 aromatic heterocycles. The van der Waals surface area contributed by atoms with Gasteiger partial charge in [-0.3, -0.25) is 14.3 Å². The Morgan fingerprint density at radius 2 is 2.25 bits per heavy atom. The van der Waals surface area contributed by atoms with Gasteiger partial charge in [0.1, 0.15) is 6.54 Å². The number of hydrogen-bond acceptors (Lipinski definition) is 4. The van der Waals surface area contributed by atoms with E-state index in [1.165, 1.54) is 7.11 Å². The highest BCUT2D eigenvalue weighted by atomic mass is 16.5. The predicted octanol–water partition coefficient (Wildman–Crippen LogP) is -0.115. The van der Waals surface area contributed by atoms with Gasteiger partial charge in [0.2, 0.25) is 0 Å². The van der Waals surface area contributed by atoms with Crippen molar-refractivity contribution in [2.45, 2.75) is 13.3 Å². The van der Waals surface area contributed by atoms with Crippen molar-refractivity contribution < 1.29 is 14.3 Å². The molecular weight excluding hydrogens is 210 g/mol. The second kappa shape index (κ2) is 5.29. The standard InChI is InChI=1S/C10H15N3O3/c1-4-8-7(6-13(2)12-8)10(15)11-5-9(14)16-3/h6H,4-5H2,1-3H3,(H,11,15). The molecule has 0 saturated heterocycles. The summed E-state index contributed by atoms with van der Waals surface area (Å²) in [5.41, 5.74) is 1.21. The normalized spacial score (nSPS) is 9.94. The SMILES string of the molecule is CCc1nn(C)cc1C(=O)NCC(=O)OC. The van der Waals surface area contributed by atoms with Crippen LogP contribution in [0.15, 0.2) is 6.20 Å². The lowest BCUT2D eigenvalue weighted by atomic mass is 10.2. The Balaban J connectivity index is 2.68. The fourth-order valence-electron chi connectivity index (χ4n) is 1.31. The molecule has 1 N–H and O–H groups in total. The van der Waals surface area contributed by atoms with Crippen LogP contribution in [0.2, 0.25) is 0 Å². The molecule has 0 bridgehead atoms. The number of aryl methyl sites for hydroxylation is 2. The zero-order chi connectivity index (χ0) is 12.1. The molecule has 0 unspecified atom stereocenters. The number of esters is 1. The van der Waals surface area contributed by atoms with Crippen molar-refractivity contribution in [2.24, 2.45) is 7.05 Å². The molecule has 1 aromatic rings. The second-order valence-corrected chi connectivity index (χ2v) is 3.28. The number of rotatable bonds is 4. The maximum Gasteiger partial charge on any atom is 0.325 e. The maximum absolute atomic E-state index is 11.7. The van der Waals surface area contributed by atoms with E-state index >= 15 is 0 Å². The molecule has 0 aromatic carbocycles. The predicted molar refractivity (Wildman–Crippen MR) is 56.9 cm³/mol.